The van der Waals surface area contributed by atoms with Crippen LogP contribution in [-0.2, 0) is 4.79 Å². The minimum Gasteiger partial charge on any atom is -0.423 e. The van der Waals surface area contributed by atoms with Crippen molar-refractivity contribution in [3.8, 4) is 0 Å². The average Bonchev–Trinajstić information content (AvgIpc) is 2.26. The number of amides is 1. The van der Waals surface area contributed by atoms with Crippen LogP contribution >= 0.6 is 0 Å². The normalized spacial score (nSPS) is 18.0. The van der Waals surface area contributed by atoms with E-state index in [1.54, 1.807) is 0 Å². The summed E-state index contributed by atoms with van der Waals surface area (Å²) in [6.45, 7) is 0. The molecule has 18 heavy (non-hydrogen) atoms. The van der Waals surface area contributed by atoms with Crippen LogP contribution in [0.1, 0.15) is 12.8 Å². The summed E-state index contributed by atoms with van der Waals surface area (Å²) >= 11 is 0. The summed E-state index contributed by atoms with van der Waals surface area (Å²) in [5.41, 5.74) is 0.166. The summed E-state index contributed by atoms with van der Waals surface area (Å²) < 4.78 is 25.2. The first kappa shape index (κ1) is 12.9. The van der Waals surface area contributed by atoms with Gasteiger partial charge in [-0.2, -0.15) is 0 Å². The van der Waals surface area contributed by atoms with E-state index in [9.17, 15) is 13.6 Å². The van der Waals surface area contributed by atoms with Gasteiger partial charge in [-0.05, 0) is 17.6 Å². The van der Waals surface area contributed by atoms with Crippen molar-refractivity contribution in [2.75, 3.05) is 5.32 Å². The molecule has 0 aromatic carbocycles. The fourth-order valence-electron chi connectivity index (χ4n) is 1.75. The van der Waals surface area contributed by atoms with Crippen LogP contribution in [0, 0.1) is 5.92 Å². The number of hydrogen-bond donors (Lipinski definition) is 3. The summed E-state index contributed by atoms with van der Waals surface area (Å²) in [4.78, 5) is 15.4. The van der Waals surface area contributed by atoms with Crippen LogP contribution in [0.3, 0.4) is 0 Å². The maximum absolute atomic E-state index is 12.6. The van der Waals surface area contributed by atoms with Gasteiger partial charge in [0.25, 0.3) is 0 Å². The lowest BCUT2D eigenvalue weighted by molar-refractivity contribution is -0.145. The van der Waals surface area contributed by atoms with E-state index in [1.807, 2.05) is 0 Å². The van der Waals surface area contributed by atoms with Crippen LogP contribution in [-0.4, -0.2) is 34.0 Å². The summed E-state index contributed by atoms with van der Waals surface area (Å²) in [6, 6.07) is 2.65. The molecule has 0 aliphatic heterocycles. The van der Waals surface area contributed by atoms with E-state index in [2.05, 4.69) is 10.3 Å². The van der Waals surface area contributed by atoms with Crippen LogP contribution in [0.2, 0.25) is 0 Å². The molecule has 1 aliphatic rings. The van der Waals surface area contributed by atoms with E-state index in [0.717, 1.165) is 0 Å². The number of carbonyl (C=O) groups is 1. The number of aromatic nitrogens is 1. The van der Waals surface area contributed by atoms with Crippen LogP contribution in [0.15, 0.2) is 18.3 Å². The molecule has 1 aromatic heterocycles. The average molecular weight is 256 g/mol. The smallest absolute Gasteiger partial charge is 0.423 e. The van der Waals surface area contributed by atoms with Gasteiger partial charge in [-0.1, -0.05) is 0 Å². The molecule has 0 spiro atoms. The Hall–Kier alpha value is -1.54. The highest BCUT2D eigenvalue weighted by molar-refractivity contribution is 6.58. The lowest BCUT2D eigenvalue weighted by Gasteiger charge is -2.33. The molecule has 8 heteroatoms. The maximum atomic E-state index is 12.6. The van der Waals surface area contributed by atoms with Crippen molar-refractivity contribution in [2.45, 2.75) is 18.8 Å². The van der Waals surface area contributed by atoms with Crippen LogP contribution in [0.4, 0.5) is 14.6 Å². The zero-order valence-corrected chi connectivity index (χ0v) is 9.31. The third-order valence-electron chi connectivity index (χ3n) is 2.79. The van der Waals surface area contributed by atoms with Crippen LogP contribution in [0.5, 0.6) is 0 Å². The molecule has 1 aromatic rings. The number of nitrogens with zero attached hydrogens (tertiary/aromatic N) is 1. The Morgan fingerprint density at radius 1 is 1.50 bits per heavy atom. The van der Waals surface area contributed by atoms with Gasteiger partial charge in [0, 0.05) is 25.0 Å². The second kappa shape index (κ2) is 4.62. The third-order valence-corrected chi connectivity index (χ3v) is 2.79. The fourth-order valence-corrected chi connectivity index (χ4v) is 1.75. The predicted molar refractivity (Wildman–Crippen MR) is 60.4 cm³/mol. The van der Waals surface area contributed by atoms with E-state index in [-0.39, 0.29) is 11.3 Å². The van der Waals surface area contributed by atoms with Crippen molar-refractivity contribution in [3.05, 3.63) is 18.3 Å². The van der Waals surface area contributed by atoms with Crippen molar-refractivity contribution < 1.29 is 23.6 Å². The molecular weight excluding hydrogens is 245 g/mol. The molecule has 1 fully saturated rings. The van der Waals surface area contributed by atoms with Gasteiger partial charge in [0.1, 0.15) is 5.82 Å². The van der Waals surface area contributed by atoms with Crippen molar-refractivity contribution in [3.63, 3.8) is 0 Å². The van der Waals surface area contributed by atoms with Gasteiger partial charge in [0.05, 0.1) is 0 Å². The fraction of sp³-hybridized carbons (Fsp3) is 0.400. The first-order valence-electron chi connectivity index (χ1n) is 5.38. The minimum atomic E-state index is -2.75. The Bertz CT molecular complexity index is 462. The number of nitrogens with one attached hydrogen (secondary N) is 1. The van der Waals surface area contributed by atoms with Crippen molar-refractivity contribution in [1.29, 1.82) is 0 Å². The zero-order chi connectivity index (χ0) is 13.3. The predicted octanol–water partition coefficient (Wildman–Crippen LogP) is -0.255. The first-order chi connectivity index (χ1) is 8.37. The molecule has 1 saturated carbocycles. The SMILES string of the molecule is O=C(Nc1cc(B(O)O)ccn1)C1CC(F)(F)C1. The Balaban J connectivity index is 1.97. The summed E-state index contributed by atoms with van der Waals surface area (Å²) in [7, 11) is -1.67. The van der Waals surface area contributed by atoms with Gasteiger partial charge in [-0.3, -0.25) is 4.79 Å². The summed E-state index contributed by atoms with van der Waals surface area (Å²) in [5, 5.41) is 20.2. The third kappa shape index (κ3) is 2.83. The Morgan fingerprint density at radius 3 is 2.72 bits per heavy atom. The largest absolute Gasteiger partial charge is 0.488 e. The molecule has 1 aliphatic carbocycles. The number of pyridine rings is 1. The lowest BCUT2D eigenvalue weighted by Crippen LogP contribution is -2.42. The second-order valence-corrected chi connectivity index (χ2v) is 4.30. The number of hydrogen-bond acceptors (Lipinski definition) is 4. The number of alkyl halides is 2. The Labute approximate surface area is 102 Å². The molecule has 96 valence electrons. The van der Waals surface area contributed by atoms with Gasteiger partial charge in [0.15, 0.2) is 0 Å². The van der Waals surface area contributed by atoms with E-state index in [1.165, 1.54) is 18.3 Å². The lowest BCUT2D eigenvalue weighted by atomic mass is 9.80. The van der Waals surface area contributed by atoms with E-state index in [4.69, 9.17) is 10.0 Å². The van der Waals surface area contributed by atoms with Gasteiger partial charge >= 0.3 is 7.12 Å². The van der Waals surface area contributed by atoms with Gasteiger partial charge < -0.3 is 15.4 Å². The number of anilines is 1. The molecule has 1 amide bonds. The van der Waals surface area contributed by atoms with E-state index < -0.39 is 37.7 Å². The van der Waals surface area contributed by atoms with E-state index in [0.29, 0.717) is 0 Å². The maximum Gasteiger partial charge on any atom is 0.488 e. The molecule has 1 heterocycles. The molecule has 3 N–H and O–H groups in total. The number of halogens is 2. The summed E-state index contributed by atoms with van der Waals surface area (Å²) in [5.74, 6) is -3.89. The van der Waals surface area contributed by atoms with Crippen molar-refractivity contribution in [1.82, 2.24) is 4.98 Å². The first-order valence-corrected chi connectivity index (χ1v) is 5.38. The minimum absolute atomic E-state index is 0.112. The topological polar surface area (TPSA) is 82.5 Å². The second-order valence-electron chi connectivity index (χ2n) is 4.30. The molecule has 0 radical (unpaired) electrons. The van der Waals surface area contributed by atoms with Crippen LogP contribution < -0.4 is 10.8 Å². The summed E-state index contributed by atoms with van der Waals surface area (Å²) in [6.07, 6.45) is 0.377. The molecule has 0 bridgehead atoms. The van der Waals surface area contributed by atoms with Crippen LogP contribution in [0.25, 0.3) is 0 Å². The highest BCUT2D eigenvalue weighted by Gasteiger charge is 2.48. The molecular formula is C10H11BF2N2O3. The quantitative estimate of drug-likeness (QED) is 0.651. The highest BCUT2D eigenvalue weighted by Crippen LogP contribution is 2.42. The monoisotopic (exact) mass is 256 g/mol. The zero-order valence-electron chi connectivity index (χ0n) is 9.31. The van der Waals surface area contributed by atoms with Crippen molar-refractivity contribution >= 4 is 24.3 Å². The molecule has 2 rings (SSSR count). The Morgan fingerprint density at radius 2 is 2.17 bits per heavy atom. The van der Waals surface area contributed by atoms with Gasteiger partial charge in [0.2, 0.25) is 11.8 Å². The van der Waals surface area contributed by atoms with Gasteiger partial charge in [-0.25, -0.2) is 13.8 Å². The molecule has 0 atom stereocenters. The standard InChI is InChI=1S/C10H11BF2N2O3/c12-10(13)4-6(5-10)9(16)15-8-3-7(11(17)18)1-2-14-8/h1-3,6,17-18H,4-5H2,(H,14,15,16). The molecule has 5 nitrogen and oxygen atoms in total. The van der Waals surface area contributed by atoms with Gasteiger partial charge in [-0.15, -0.1) is 0 Å². The Kier molecular flexibility index (Phi) is 3.31. The molecule has 0 unspecified atom stereocenters. The number of rotatable bonds is 3. The van der Waals surface area contributed by atoms with Crippen molar-refractivity contribution in [2.24, 2.45) is 5.92 Å². The highest BCUT2D eigenvalue weighted by atomic mass is 19.3. The molecule has 0 saturated heterocycles. The number of carbonyl (C=O) groups excluding carboxylic acids is 1. The van der Waals surface area contributed by atoms with E-state index >= 15 is 0 Å².